The summed E-state index contributed by atoms with van der Waals surface area (Å²) < 4.78 is 0. The van der Waals surface area contributed by atoms with E-state index in [1.54, 1.807) is 0 Å². The molecule has 8 heavy (non-hydrogen) atoms. The number of rotatable bonds is 0. The van der Waals surface area contributed by atoms with Gasteiger partial charge >= 0.3 is 40.4 Å². The predicted molar refractivity (Wildman–Crippen MR) is 25.2 cm³/mol. The molecule has 3 N–H and O–H groups in total. The third-order valence-corrected chi connectivity index (χ3v) is 0. The van der Waals surface area contributed by atoms with Gasteiger partial charge in [0.2, 0.25) is 0 Å². The van der Waals surface area contributed by atoms with Crippen LogP contribution in [0.1, 0.15) is 0 Å². The van der Waals surface area contributed by atoms with Gasteiger partial charge in [-0.3, -0.25) is 0 Å². The van der Waals surface area contributed by atoms with Gasteiger partial charge in [-0.2, -0.15) is 0 Å². The van der Waals surface area contributed by atoms with E-state index in [1.165, 1.54) is 0 Å². The van der Waals surface area contributed by atoms with Gasteiger partial charge in [-0.15, -0.1) is 0 Å². The van der Waals surface area contributed by atoms with E-state index in [0.29, 0.717) is 0 Å². The molecule has 0 aromatic carbocycles. The topological polar surface area (TPSA) is 125 Å². The zero-order chi connectivity index (χ0) is 3.58. The molecule has 0 aliphatic carbocycles. The summed E-state index contributed by atoms with van der Waals surface area (Å²) in [6, 6.07) is 0. The van der Waals surface area contributed by atoms with Crippen LogP contribution in [0.25, 0.3) is 0 Å². The normalized spacial score (nSPS) is 3.00. The molecule has 0 saturated carbocycles. The van der Waals surface area contributed by atoms with Crippen molar-refractivity contribution in [3.05, 3.63) is 0 Å². The molecule has 0 rings (SSSR count). The van der Waals surface area contributed by atoms with Gasteiger partial charge in [0.1, 0.15) is 0 Å². The molecule has 0 amide bonds. The van der Waals surface area contributed by atoms with E-state index < -0.39 is 6.16 Å². The summed E-state index contributed by atoms with van der Waals surface area (Å²) in [6.45, 7) is 0. The van der Waals surface area contributed by atoms with Gasteiger partial charge in [0.25, 0.3) is 0 Å². The average molecular weight is 148 g/mol. The molecule has 44 valence electrons. The maximum absolute atomic E-state index is 8.33. The van der Waals surface area contributed by atoms with Crippen molar-refractivity contribution < 1.29 is 26.0 Å². The molecule has 0 aromatic rings. The Bertz CT molecular complexity index is 35.4. The Labute approximate surface area is 72.6 Å². The Morgan fingerprint density at radius 2 is 1.25 bits per heavy atom. The Morgan fingerprint density at radius 1 is 1.25 bits per heavy atom. The first-order valence-electron chi connectivity index (χ1n) is 0.612. The third-order valence-electron chi connectivity index (χ3n) is 0. The van der Waals surface area contributed by atoms with E-state index in [9.17, 15) is 0 Å². The van der Waals surface area contributed by atoms with Crippen molar-refractivity contribution >= 4 is 46.6 Å². The summed E-state index contributed by atoms with van der Waals surface area (Å²) in [5.74, 6) is 0. The minimum atomic E-state index is -2.33. The van der Waals surface area contributed by atoms with Crippen LogP contribution >= 0.6 is 0 Å². The van der Waals surface area contributed by atoms with Crippen LogP contribution in [0.15, 0.2) is 0 Å². The maximum Gasteiger partial charge on any atom is 3.00 e. The number of carboxylic acid groups (broad SMARTS) is 2. The van der Waals surface area contributed by atoms with Gasteiger partial charge in [-0.1, -0.05) is 0 Å². The third kappa shape index (κ3) is 818. The van der Waals surface area contributed by atoms with Crippen LogP contribution < -0.4 is 10.2 Å². The summed E-state index contributed by atoms with van der Waals surface area (Å²) in [4.78, 5) is 8.33. The molecule has 0 heterocycles. The molecule has 5 nitrogen and oxygen atoms in total. The molecule has 0 unspecified atom stereocenters. The molecule has 0 saturated heterocycles. The second kappa shape index (κ2) is 25.9. The molecular formula is CH5AlMgO5. The van der Waals surface area contributed by atoms with Crippen LogP contribution in [0, 0.1) is 0 Å². The molecular weight excluding hydrogens is 143 g/mol. The van der Waals surface area contributed by atoms with Crippen molar-refractivity contribution in [1.82, 2.24) is 0 Å². The summed E-state index contributed by atoms with van der Waals surface area (Å²) in [5.41, 5.74) is 0. The van der Waals surface area contributed by atoms with Gasteiger partial charge in [-0.05, 0) is 6.16 Å². The Balaban J connectivity index is -0.00000000750. The number of hydrogen-bond acceptors (Lipinski definition) is 4. The first-order chi connectivity index (χ1) is 1.73. The van der Waals surface area contributed by atoms with E-state index in [4.69, 9.17) is 15.0 Å². The van der Waals surface area contributed by atoms with Gasteiger partial charge in [0, 0.05) is 0 Å². The Hall–Kier alpha value is 0.489. The molecule has 0 aliphatic rings. The second-order valence-corrected chi connectivity index (χ2v) is 0.250. The van der Waals surface area contributed by atoms with Crippen LogP contribution in [0.5, 0.6) is 0 Å². The second-order valence-electron chi connectivity index (χ2n) is 0.250. The van der Waals surface area contributed by atoms with Crippen LogP contribution in [-0.4, -0.2) is 57.5 Å². The number of carbonyl (C=O) groups is 1. The first-order valence-corrected chi connectivity index (χ1v) is 0.612. The Morgan fingerprint density at radius 3 is 1.25 bits per heavy atom. The molecule has 0 radical (unpaired) electrons. The molecule has 0 aliphatic heterocycles. The predicted octanol–water partition coefficient (Wildman–Crippen LogP) is -4.75. The van der Waals surface area contributed by atoms with Gasteiger partial charge < -0.3 is 26.0 Å². The van der Waals surface area contributed by atoms with Gasteiger partial charge in [0.05, 0.1) is 0 Å². The minimum Gasteiger partial charge on any atom is -0.870 e. The summed E-state index contributed by atoms with van der Waals surface area (Å²) in [6.07, 6.45) is -2.33. The molecule has 0 bridgehead atoms. The fourth-order valence-corrected chi connectivity index (χ4v) is 0. The van der Waals surface area contributed by atoms with Crippen molar-refractivity contribution in [1.29, 1.82) is 0 Å². The fraction of sp³-hybridized carbons (Fsp3) is 0. The molecule has 0 atom stereocenters. The molecule has 0 aromatic heterocycles. The Kier molecular flexibility index (Phi) is 127. The quantitative estimate of drug-likeness (QED) is 0.320. The van der Waals surface area contributed by atoms with E-state index in [0.717, 1.165) is 0 Å². The van der Waals surface area contributed by atoms with Crippen LogP contribution in [0.3, 0.4) is 0 Å². The van der Waals surface area contributed by atoms with E-state index in [2.05, 4.69) is 0 Å². The maximum atomic E-state index is 8.33. The van der Waals surface area contributed by atoms with Gasteiger partial charge in [0.15, 0.2) is 0 Å². The number of carbonyl (C=O) groups excluding carboxylic acids is 1. The fourth-order valence-electron chi connectivity index (χ4n) is 0. The van der Waals surface area contributed by atoms with E-state index in [-0.39, 0.29) is 51.4 Å². The average Bonchev–Trinajstić information content (AvgIpc) is 0.811. The SMILES string of the molecule is O.O=C([O-])[O-].[Al+3].[MgH2].[OH-]. The zero-order valence-electron chi connectivity index (χ0n) is 3.25. The van der Waals surface area contributed by atoms with Crippen molar-refractivity contribution in [2.75, 3.05) is 0 Å². The van der Waals surface area contributed by atoms with Crippen LogP contribution in [0.2, 0.25) is 0 Å². The van der Waals surface area contributed by atoms with Crippen LogP contribution in [0.4, 0.5) is 4.79 Å². The largest absolute Gasteiger partial charge is 3.00 e. The monoisotopic (exact) mass is 148 g/mol. The van der Waals surface area contributed by atoms with E-state index in [1.807, 2.05) is 0 Å². The zero-order valence-corrected chi connectivity index (χ0v) is 4.40. The molecule has 7 heteroatoms. The minimum absolute atomic E-state index is 0. The summed E-state index contributed by atoms with van der Waals surface area (Å²) >= 11 is 0. The van der Waals surface area contributed by atoms with Crippen molar-refractivity contribution in [3.63, 3.8) is 0 Å². The van der Waals surface area contributed by atoms with Crippen molar-refractivity contribution in [2.24, 2.45) is 0 Å². The van der Waals surface area contributed by atoms with Gasteiger partial charge in [-0.25, -0.2) is 0 Å². The standard InChI is InChI=1S/CH2O3.Al.Mg.2H2O.2H/c2-1(3)4;;;;;;/h(H2,2,3,4);;;2*1H2;;/q;+3;;;;;/p-3. The number of hydrogen-bond donors (Lipinski definition) is 0. The van der Waals surface area contributed by atoms with Crippen LogP contribution in [-0.2, 0) is 0 Å². The molecule has 0 spiro atoms. The summed E-state index contributed by atoms with van der Waals surface area (Å²) in [7, 11) is 0. The summed E-state index contributed by atoms with van der Waals surface area (Å²) in [5, 5.41) is 16.7. The smallest absolute Gasteiger partial charge is 0.870 e. The van der Waals surface area contributed by atoms with Crippen molar-refractivity contribution in [3.8, 4) is 0 Å². The van der Waals surface area contributed by atoms with E-state index >= 15 is 0 Å². The first kappa shape index (κ1) is 39.1. The van der Waals surface area contributed by atoms with Crippen molar-refractivity contribution in [2.45, 2.75) is 0 Å². The molecule has 0 fully saturated rings.